The molecule has 0 saturated heterocycles. The minimum atomic E-state index is -0.975. The second-order valence-corrected chi connectivity index (χ2v) is 3.96. The molecule has 0 fully saturated rings. The molecule has 2 aromatic rings. The average Bonchev–Trinajstić information content (AvgIpc) is 2.42. The Morgan fingerprint density at radius 1 is 1.16 bits per heavy atom. The van der Waals surface area contributed by atoms with Gasteiger partial charge < -0.3 is 15.2 Å². The molecule has 2 N–H and O–H groups in total. The van der Waals surface area contributed by atoms with Crippen LogP contribution in [0.3, 0.4) is 0 Å². The van der Waals surface area contributed by atoms with E-state index in [1.54, 1.807) is 19.2 Å². The number of halogens is 2. The van der Waals surface area contributed by atoms with Gasteiger partial charge in [0.25, 0.3) is 0 Å². The highest BCUT2D eigenvalue weighted by Gasteiger charge is 2.09. The lowest BCUT2D eigenvalue weighted by atomic mass is 10.2. The van der Waals surface area contributed by atoms with E-state index in [-0.39, 0.29) is 6.54 Å². The molecule has 0 atom stereocenters. The Bertz CT molecular complexity index is 564. The lowest BCUT2D eigenvalue weighted by Gasteiger charge is -2.11. The molecular weight excluding hydrogens is 252 g/mol. The number of hydrogen-bond donors (Lipinski definition) is 2. The van der Waals surface area contributed by atoms with Crippen LogP contribution in [0.5, 0.6) is 11.5 Å². The summed E-state index contributed by atoms with van der Waals surface area (Å²) in [5, 5.41) is 12.0. The van der Waals surface area contributed by atoms with Gasteiger partial charge >= 0.3 is 0 Å². The molecule has 0 aliphatic rings. The second-order valence-electron chi connectivity index (χ2n) is 3.96. The molecule has 0 aromatic heterocycles. The van der Waals surface area contributed by atoms with Crippen LogP contribution in [-0.4, -0.2) is 12.2 Å². The Hall–Kier alpha value is -2.30. The maximum absolute atomic E-state index is 13.2. The maximum Gasteiger partial charge on any atom is 0.187 e. The van der Waals surface area contributed by atoms with Gasteiger partial charge in [-0.05, 0) is 29.8 Å². The number of hydrogen-bond acceptors (Lipinski definition) is 3. The Kier molecular flexibility index (Phi) is 3.85. The zero-order valence-electron chi connectivity index (χ0n) is 10.3. The van der Waals surface area contributed by atoms with Crippen molar-refractivity contribution in [3.05, 3.63) is 53.6 Å². The van der Waals surface area contributed by atoms with Gasteiger partial charge in [0, 0.05) is 6.54 Å². The van der Waals surface area contributed by atoms with Crippen molar-refractivity contribution in [1.82, 2.24) is 0 Å². The largest absolute Gasteiger partial charge is 0.503 e. The molecule has 0 spiro atoms. The fourth-order valence-corrected chi connectivity index (χ4v) is 1.71. The Labute approximate surface area is 109 Å². The van der Waals surface area contributed by atoms with Gasteiger partial charge in [0.1, 0.15) is 5.75 Å². The van der Waals surface area contributed by atoms with E-state index in [2.05, 4.69) is 5.32 Å². The molecule has 0 heterocycles. The third-order valence-corrected chi connectivity index (χ3v) is 2.67. The van der Waals surface area contributed by atoms with Crippen molar-refractivity contribution < 1.29 is 18.6 Å². The first-order valence-corrected chi connectivity index (χ1v) is 5.65. The van der Waals surface area contributed by atoms with Crippen LogP contribution in [0.15, 0.2) is 36.4 Å². The van der Waals surface area contributed by atoms with Crippen LogP contribution in [0.25, 0.3) is 0 Å². The quantitative estimate of drug-likeness (QED) is 0.891. The van der Waals surface area contributed by atoms with E-state index in [4.69, 9.17) is 9.84 Å². The number of methoxy groups -OCH3 is 1. The van der Waals surface area contributed by atoms with Crippen molar-refractivity contribution in [2.24, 2.45) is 0 Å². The summed E-state index contributed by atoms with van der Waals surface area (Å²) < 4.78 is 31.5. The van der Waals surface area contributed by atoms with Gasteiger partial charge in [-0.25, -0.2) is 8.78 Å². The molecule has 3 nitrogen and oxygen atoms in total. The summed E-state index contributed by atoms with van der Waals surface area (Å²) in [7, 11) is 1.54. The van der Waals surface area contributed by atoms with E-state index in [1.807, 2.05) is 12.1 Å². The molecular formula is C14H13F2NO2. The zero-order chi connectivity index (χ0) is 13.8. The number of benzene rings is 2. The Morgan fingerprint density at radius 2 is 1.79 bits per heavy atom. The summed E-state index contributed by atoms with van der Waals surface area (Å²) in [5.41, 5.74) is 1.11. The Balaban J connectivity index is 2.15. The van der Waals surface area contributed by atoms with Gasteiger partial charge in [0.2, 0.25) is 0 Å². The van der Waals surface area contributed by atoms with Gasteiger partial charge in [0.05, 0.1) is 12.8 Å². The van der Waals surface area contributed by atoms with E-state index in [0.29, 0.717) is 11.3 Å². The van der Waals surface area contributed by atoms with E-state index in [0.717, 1.165) is 17.8 Å². The summed E-state index contributed by atoms with van der Waals surface area (Å²) in [6.07, 6.45) is 0. The number of anilines is 1. The minimum Gasteiger partial charge on any atom is -0.503 e. The summed E-state index contributed by atoms with van der Waals surface area (Å²) in [4.78, 5) is 0. The number of ether oxygens (including phenoxy) is 1. The first-order chi connectivity index (χ1) is 9.11. The molecule has 19 heavy (non-hydrogen) atoms. The first-order valence-electron chi connectivity index (χ1n) is 5.65. The zero-order valence-corrected chi connectivity index (χ0v) is 10.3. The minimum absolute atomic E-state index is 0.217. The SMILES string of the molecule is COc1ccccc1NCc1cc(F)c(O)c(F)c1. The van der Waals surface area contributed by atoms with Gasteiger partial charge in [-0.15, -0.1) is 0 Å². The first kappa shape index (κ1) is 13.1. The molecule has 100 valence electrons. The summed E-state index contributed by atoms with van der Waals surface area (Å²) >= 11 is 0. The van der Waals surface area contributed by atoms with Crippen molar-refractivity contribution in [3.8, 4) is 11.5 Å². The lowest BCUT2D eigenvalue weighted by Crippen LogP contribution is -2.02. The number of phenolic OH excluding ortho intramolecular Hbond substituents is 1. The van der Waals surface area contributed by atoms with Crippen molar-refractivity contribution in [3.63, 3.8) is 0 Å². The Morgan fingerprint density at radius 3 is 2.42 bits per heavy atom. The summed E-state index contributed by atoms with van der Waals surface area (Å²) in [6, 6.07) is 9.39. The van der Waals surface area contributed by atoms with Gasteiger partial charge in [0.15, 0.2) is 17.4 Å². The summed E-state index contributed by atoms with van der Waals surface area (Å²) in [5.74, 6) is -2.27. The molecule has 2 rings (SSSR count). The van der Waals surface area contributed by atoms with Crippen molar-refractivity contribution >= 4 is 5.69 Å². The predicted molar refractivity (Wildman–Crippen MR) is 68.3 cm³/mol. The van der Waals surface area contributed by atoms with E-state index in [9.17, 15) is 8.78 Å². The van der Waals surface area contributed by atoms with Gasteiger partial charge in [-0.2, -0.15) is 0 Å². The van der Waals surface area contributed by atoms with Crippen LogP contribution in [0, 0.1) is 11.6 Å². The van der Waals surface area contributed by atoms with E-state index >= 15 is 0 Å². The molecule has 0 aliphatic heterocycles. The molecule has 0 unspecified atom stereocenters. The molecule has 5 heteroatoms. The van der Waals surface area contributed by atoms with Crippen molar-refractivity contribution in [2.45, 2.75) is 6.54 Å². The van der Waals surface area contributed by atoms with Gasteiger partial charge in [-0.1, -0.05) is 12.1 Å². The van der Waals surface area contributed by atoms with E-state index < -0.39 is 17.4 Å². The van der Waals surface area contributed by atoms with E-state index in [1.165, 1.54) is 0 Å². The monoisotopic (exact) mass is 265 g/mol. The van der Waals surface area contributed by atoms with Crippen molar-refractivity contribution in [2.75, 3.05) is 12.4 Å². The molecule has 0 radical (unpaired) electrons. The highest BCUT2D eigenvalue weighted by atomic mass is 19.1. The smallest absolute Gasteiger partial charge is 0.187 e. The van der Waals surface area contributed by atoms with Crippen LogP contribution in [0.1, 0.15) is 5.56 Å². The van der Waals surface area contributed by atoms with Crippen LogP contribution < -0.4 is 10.1 Å². The number of phenols is 1. The third kappa shape index (κ3) is 2.93. The molecule has 0 amide bonds. The maximum atomic E-state index is 13.2. The average molecular weight is 265 g/mol. The van der Waals surface area contributed by atoms with Gasteiger partial charge in [-0.3, -0.25) is 0 Å². The van der Waals surface area contributed by atoms with Crippen LogP contribution >= 0.6 is 0 Å². The molecule has 0 bridgehead atoms. The lowest BCUT2D eigenvalue weighted by molar-refractivity contribution is 0.395. The number of nitrogens with one attached hydrogen (secondary N) is 1. The standard InChI is InChI=1S/C14H13F2NO2/c1-19-13-5-3-2-4-12(13)17-8-9-6-10(15)14(18)11(16)7-9/h2-7,17-18H,8H2,1H3. The van der Waals surface area contributed by atoms with Crippen LogP contribution in [0.4, 0.5) is 14.5 Å². The number of rotatable bonds is 4. The number of aromatic hydroxyl groups is 1. The topological polar surface area (TPSA) is 41.5 Å². The molecule has 0 saturated carbocycles. The molecule has 2 aromatic carbocycles. The fourth-order valence-electron chi connectivity index (χ4n) is 1.71. The fraction of sp³-hybridized carbons (Fsp3) is 0.143. The second kappa shape index (κ2) is 5.56. The predicted octanol–water partition coefficient (Wildman–Crippen LogP) is 3.29. The summed E-state index contributed by atoms with van der Waals surface area (Å²) in [6.45, 7) is 0.217. The van der Waals surface area contributed by atoms with Crippen molar-refractivity contribution in [1.29, 1.82) is 0 Å². The highest BCUT2D eigenvalue weighted by Crippen LogP contribution is 2.25. The normalized spacial score (nSPS) is 10.3. The molecule has 0 aliphatic carbocycles. The third-order valence-electron chi connectivity index (χ3n) is 2.67. The van der Waals surface area contributed by atoms with Crippen LogP contribution in [-0.2, 0) is 6.54 Å². The van der Waals surface area contributed by atoms with Crippen LogP contribution in [0.2, 0.25) is 0 Å². The highest BCUT2D eigenvalue weighted by molar-refractivity contribution is 5.56. The number of para-hydroxylation sites is 2.